The van der Waals surface area contributed by atoms with E-state index in [-0.39, 0.29) is 6.54 Å². The third-order valence-electron chi connectivity index (χ3n) is 3.05. The third-order valence-corrected chi connectivity index (χ3v) is 3.05. The van der Waals surface area contributed by atoms with Crippen molar-refractivity contribution >= 4 is 11.7 Å². The van der Waals surface area contributed by atoms with Gasteiger partial charge in [0.15, 0.2) is 0 Å². The third kappa shape index (κ3) is 3.29. The lowest BCUT2D eigenvalue weighted by atomic mass is 10.1. The van der Waals surface area contributed by atoms with Gasteiger partial charge in [-0.3, -0.25) is 4.79 Å². The lowest BCUT2D eigenvalue weighted by Crippen LogP contribution is -2.37. The Morgan fingerprint density at radius 1 is 1.37 bits per heavy atom. The fourth-order valence-corrected chi connectivity index (χ4v) is 1.78. The number of methoxy groups -OCH3 is 2. The van der Waals surface area contributed by atoms with Crippen LogP contribution in [0.3, 0.4) is 0 Å². The summed E-state index contributed by atoms with van der Waals surface area (Å²) in [4.78, 5) is 10.7. The molecule has 6 heteroatoms. The molecule has 0 aliphatic heterocycles. The van der Waals surface area contributed by atoms with Crippen LogP contribution in [0.4, 0.5) is 5.69 Å². The van der Waals surface area contributed by atoms with Crippen molar-refractivity contribution in [3.63, 3.8) is 0 Å². The number of nitrogens with two attached hydrogens (primary N) is 1. The lowest BCUT2D eigenvalue weighted by molar-refractivity contribution is -0.138. The number of rotatable bonds is 6. The lowest BCUT2D eigenvalue weighted by Gasteiger charge is -2.18. The SMILES string of the molecule is COc1cc(NCC(N)C(=O)O)c(OC)c(C)c1C. The average Bonchev–Trinajstić information content (AvgIpc) is 2.39. The fraction of sp³-hybridized carbons (Fsp3) is 0.462. The highest BCUT2D eigenvalue weighted by molar-refractivity contribution is 5.74. The summed E-state index contributed by atoms with van der Waals surface area (Å²) in [7, 11) is 3.15. The Kier molecular flexibility index (Phi) is 5.00. The summed E-state index contributed by atoms with van der Waals surface area (Å²) >= 11 is 0. The van der Waals surface area contributed by atoms with Gasteiger partial charge in [-0.25, -0.2) is 0 Å². The van der Waals surface area contributed by atoms with Crippen molar-refractivity contribution < 1.29 is 19.4 Å². The molecular formula is C13H20N2O4. The zero-order valence-electron chi connectivity index (χ0n) is 11.6. The Hall–Kier alpha value is -1.95. The van der Waals surface area contributed by atoms with Crippen molar-refractivity contribution in [2.75, 3.05) is 26.1 Å². The molecule has 0 radical (unpaired) electrons. The minimum absolute atomic E-state index is 0.108. The second-order valence-corrected chi connectivity index (χ2v) is 4.24. The fourth-order valence-electron chi connectivity index (χ4n) is 1.78. The maximum Gasteiger partial charge on any atom is 0.322 e. The van der Waals surface area contributed by atoms with Crippen LogP contribution in [0, 0.1) is 13.8 Å². The number of nitrogens with one attached hydrogen (secondary N) is 1. The molecule has 0 aromatic heterocycles. The molecule has 19 heavy (non-hydrogen) atoms. The van der Waals surface area contributed by atoms with Gasteiger partial charge in [-0.2, -0.15) is 0 Å². The number of carboxylic acid groups (broad SMARTS) is 1. The van der Waals surface area contributed by atoms with E-state index in [1.54, 1.807) is 20.3 Å². The number of benzene rings is 1. The molecule has 1 unspecified atom stereocenters. The summed E-state index contributed by atoms with van der Waals surface area (Å²) in [5, 5.41) is 11.7. The molecule has 4 N–H and O–H groups in total. The van der Waals surface area contributed by atoms with Gasteiger partial charge in [-0.1, -0.05) is 0 Å². The summed E-state index contributed by atoms with van der Waals surface area (Å²) < 4.78 is 10.6. The van der Waals surface area contributed by atoms with Crippen LogP contribution in [-0.2, 0) is 4.79 Å². The molecule has 0 heterocycles. The van der Waals surface area contributed by atoms with Gasteiger partial charge in [0.05, 0.1) is 19.9 Å². The second-order valence-electron chi connectivity index (χ2n) is 4.24. The number of anilines is 1. The Morgan fingerprint density at radius 3 is 2.47 bits per heavy atom. The first kappa shape index (κ1) is 15.1. The molecule has 6 nitrogen and oxygen atoms in total. The van der Waals surface area contributed by atoms with Crippen LogP contribution < -0.4 is 20.5 Å². The van der Waals surface area contributed by atoms with E-state index < -0.39 is 12.0 Å². The van der Waals surface area contributed by atoms with Gasteiger partial charge in [-0.15, -0.1) is 0 Å². The van der Waals surface area contributed by atoms with Crippen molar-refractivity contribution in [2.45, 2.75) is 19.9 Å². The number of aliphatic carboxylic acids is 1. The number of carboxylic acids is 1. The van der Waals surface area contributed by atoms with Gasteiger partial charge in [0, 0.05) is 12.6 Å². The van der Waals surface area contributed by atoms with Gasteiger partial charge in [0.1, 0.15) is 17.5 Å². The topological polar surface area (TPSA) is 93.8 Å². The van der Waals surface area contributed by atoms with Crippen molar-refractivity contribution in [3.8, 4) is 11.5 Å². The zero-order chi connectivity index (χ0) is 14.6. The maximum absolute atomic E-state index is 10.7. The first-order chi connectivity index (χ1) is 8.92. The molecule has 106 valence electrons. The Bertz CT molecular complexity index is 474. The number of ether oxygens (including phenoxy) is 2. The van der Waals surface area contributed by atoms with Crippen molar-refractivity contribution in [2.24, 2.45) is 5.73 Å². The van der Waals surface area contributed by atoms with Gasteiger partial charge in [0.25, 0.3) is 0 Å². The Labute approximate surface area is 112 Å². The van der Waals surface area contributed by atoms with Crippen LogP contribution in [0.2, 0.25) is 0 Å². The van der Waals surface area contributed by atoms with Gasteiger partial charge in [0.2, 0.25) is 0 Å². The molecule has 0 fully saturated rings. The van der Waals surface area contributed by atoms with Crippen molar-refractivity contribution in [1.82, 2.24) is 0 Å². The second kappa shape index (κ2) is 6.29. The molecule has 0 spiro atoms. The smallest absolute Gasteiger partial charge is 0.322 e. The average molecular weight is 268 g/mol. The van der Waals surface area contributed by atoms with E-state index in [0.717, 1.165) is 11.1 Å². The van der Waals surface area contributed by atoms with Crippen LogP contribution in [0.25, 0.3) is 0 Å². The summed E-state index contributed by atoms with van der Waals surface area (Å²) in [6, 6.07) is 0.799. The Balaban J connectivity index is 3.05. The largest absolute Gasteiger partial charge is 0.496 e. The molecule has 0 aliphatic carbocycles. The number of hydrogen-bond donors (Lipinski definition) is 3. The van der Waals surface area contributed by atoms with E-state index in [0.29, 0.717) is 17.2 Å². The van der Waals surface area contributed by atoms with Crippen LogP contribution >= 0.6 is 0 Å². The summed E-state index contributed by atoms with van der Waals surface area (Å²) in [5.74, 6) is 0.322. The normalized spacial score (nSPS) is 11.8. The highest BCUT2D eigenvalue weighted by Crippen LogP contribution is 2.36. The molecule has 0 amide bonds. The standard InChI is InChI=1S/C13H20N2O4/c1-7-8(2)12(19-4)10(5-11(7)18-3)15-6-9(14)13(16)17/h5,9,15H,6,14H2,1-4H3,(H,16,17). The predicted molar refractivity (Wildman–Crippen MR) is 73.1 cm³/mol. The van der Waals surface area contributed by atoms with E-state index in [1.807, 2.05) is 13.8 Å². The number of hydrogen-bond acceptors (Lipinski definition) is 5. The molecule has 0 saturated heterocycles. The van der Waals surface area contributed by atoms with Gasteiger partial charge >= 0.3 is 5.97 Å². The first-order valence-electron chi connectivity index (χ1n) is 5.86. The van der Waals surface area contributed by atoms with E-state index in [2.05, 4.69) is 5.32 Å². The van der Waals surface area contributed by atoms with Crippen LogP contribution in [0.1, 0.15) is 11.1 Å². The summed E-state index contributed by atoms with van der Waals surface area (Å²) in [6.07, 6.45) is 0. The maximum atomic E-state index is 10.7. The molecular weight excluding hydrogens is 248 g/mol. The molecule has 1 atom stereocenters. The van der Waals surface area contributed by atoms with Crippen LogP contribution in [0.5, 0.6) is 11.5 Å². The van der Waals surface area contributed by atoms with Crippen molar-refractivity contribution in [3.05, 3.63) is 17.2 Å². The van der Waals surface area contributed by atoms with Crippen molar-refractivity contribution in [1.29, 1.82) is 0 Å². The highest BCUT2D eigenvalue weighted by Gasteiger charge is 2.16. The first-order valence-corrected chi connectivity index (χ1v) is 5.86. The van der Waals surface area contributed by atoms with E-state index in [1.165, 1.54) is 0 Å². The minimum atomic E-state index is -1.05. The molecule has 0 aliphatic rings. The monoisotopic (exact) mass is 268 g/mol. The summed E-state index contributed by atoms with van der Waals surface area (Å²) in [5.41, 5.74) is 8.04. The highest BCUT2D eigenvalue weighted by atomic mass is 16.5. The van der Waals surface area contributed by atoms with E-state index >= 15 is 0 Å². The number of carbonyl (C=O) groups is 1. The van der Waals surface area contributed by atoms with Crippen LogP contribution in [-0.4, -0.2) is 37.9 Å². The van der Waals surface area contributed by atoms with Gasteiger partial charge in [-0.05, 0) is 25.0 Å². The van der Waals surface area contributed by atoms with E-state index in [4.69, 9.17) is 20.3 Å². The summed E-state index contributed by atoms with van der Waals surface area (Å²) in [6.45, 7) is 3.96. The molecule has 1 rings (SSSR count). The molecule has 1 aromatic carbocycles. The minimum Gasteiger partial charge on any atom is -0.496 e. The quantitative estimate of drug-likeness (QED) is 0.716. The van der Waals surface area contributed by atoms with E-state index in [9.17, 15) is 4.79 Å². The predicted octanol–water partition coefficient (Wildman–Crippen LogP) is 1.14. The van der Waals surface area contributed by atoms with Gasteiger partial charge < -0.3 is 25.6 Å². The Morgan fingerprint density at radius 2 is 2.00 bits per heavy atom. The molecule has 0 bridgehead atoms. The van der Waals surface area contributed by atoms with Crippen LogP contribution in [0.15, 0.2) is 6.07 Å². The molecule has 0 saturated carbocycles. The zero-order valence-corrected chi connectivity index (χ0v) is 11.6. The molecule has 1 aromatic rings.